The van der Waals surface area contributed by atoms with Crippen molar-refractivity contribution in [1.82, 2.24) is 0 Å². The monoisotopic (exact) mass is 1070 g/mol. The van der Waals surface area contributed by atoms with Gasteiger partial charge in [-0.15, -0.1) is 0 Å². The normalized spacial score (nSPS) is 13.7. The van der Waals surface area contributed by atoms with Gasteiger partial charge in [-0.3, -0.25) is 9.59 Å². The predicted octanol–water partition coefficient (Wildman–Crippen LogP) is 21.4. The summed E-state index contributed by atoms with van der Waals surface area (Å²) < 4.78 is 10.7. The van der Waals surface area contributed by atoms with Crippen LogP contribution in [0.25, 0.3) is 0 Å². The van der Waals surface area contributed by atoms with E-state index in [1.807, 2.05) is 0 Å². The van der Waals surface area contributed by atoms with E-state index in [2.05, 4.69) is 220 Å². The van der Waals surface area contributed by atoms with Crippen LogP contribution in [0.4, 0.5) is 0 Å². The molecule has 1 unspecified atom stereocenters. The van der Waals surface area contributed by atoms with Crippen LogP contribution < -0.4 is 0 Å². The van der Waals surface area contributed by atoms with Crippen LogP contribution in [0.3, 0.4) is 0 Å². The average Bonchev–Trinajstić information content (AvgIpc) is 3.44. The van der Waals surface area contributed by atoms with Crippen molar-refractivity contribution in [3.05, 3.63) is 207 Å². The lowest BCUT2D eigenvalue weighted by Gasteiger charge is -2.15. The summed E-state index contributed by atoms with van der Waals surface area (Å²) in [4.78, 5) is 24.6. The van der Waals surface area contributed by atoms with E-state index >= 15 is 0 Å². The Labute approximate surface area is 479 Å². The number of aliphatic hydroxyl groups is 1. The molecule has 0 saturated carbocycles. The van der Waals surface area contributed by atoms with Crippen LogP contribution in [-0.4, -0.2) is 36.4 Å². The first kappa shape index (κ1) is 72.5. The maximum atomic E-state index is 12.3. The number of allylic oxidation sites excluding steroid dienone is 34. The van der Waals surface area contributed by atoms with Crippen molar-refractivity contribution >= 4 is 11.9 Å². The van der Waals surface area contributed by atoms with E-state index in [0.29, 0.717) is 12.8 Å². The fourth-order valence-corrected chi connectivity index (χ4v) is 7.57. The number of rotatable bonds is 53. The van der Waals surface area contributed by atoms with Gasteiger partial charge in [-0.2, -0.15) is 0 Å². The zero-order valence-corrected chi connectivity index (χ0v) is 49.3. The largest absolute Gasteiger partial charge is 0.462 e. The molecule has 0 spiro atoms. The lowest BCUT2D eigenvalue weighted by atomic mass is 10.1. The maximum Gasteiger partial charge on any atom is 0.306 e. The molecule has 1 N–H and O–H groups in total. The van der Waals surface area contributed by atoms with Gasteiger partial charge < -0.3 is 14.6 Å². The van der Waals surface area contributed by atoms with Gasteiger partial charge in [-0.25, -0.2) is 0 Å². The highest BCUT2D eigenvalue weighted by Crippen LogP contribution is 2.13. The molecule has 0 aliphatic carbocycles. The van der Waals surface area contributed by atoms with E-state index in [4.69, 9.17) is 9.47 Å². The molecule has 0 amide bonds. The van der Waals surface area contributed by atoms with Gasteiger partial charge >= 0.3 is 11.9 Å². The summed E-state index contributed by atoms with van der Waals surface area (Å²) in [6.45, 7) is 3.85. The van der Waals surface area contributed by atoms with Gasteiger partial charge in [0.25, 0.3) is 0 Å². The highest BCUT2D eigenvalue weighted by atomic mass is 16.6. The van der Waals surface area contributed by atoms with Crippen LogP contribution in [0, 0.1) is 0 Å². The third-order valence-corrected chi connectivity index (χ3v) is 12.1. The van der Waals surface area contributed by atoms with E-state index in [9.17, 15) is 14.7 Å². The van der Waals surface area contributed by atoms with Crippen molar-refractivity contribution in [1.29, 1.82) is 0 Å². The van der Waals surface area contributed by atoms with Crippen LogP contribution in [0.5, 0.6) is 0 Å². The van der Waals surface area contributed by atoms with Gasteiger partial charge in [0.2, 0.25) is 0 Å². The van der Waals surface area contributed by atoms with E-state index < -0.39 is 6.10 Å². The first-order valence-corrected chi connectivity index (χ1v) is 30.6. The van der Waals surface area contributed by atoms with E-state index in [1.165, 1.54) is 51.4 Å². The molecule has 0 radical (unpaired) electrons. The first-order chi connectivity index (χ1) is 38.6. The lowest BCUT2D eigenvalue weighted by Crippen LogP contribution is -2.28. The number of carbonyl (C=O) groups excluding carboxylic acids is 2. The molecule has 1 atom stereocenters. The van der Waals surface area contributed by atoms with Gasteiger partial charge in [-0.05, 0) is 141 Å². The van der Waals surface area contributed by atoms with Crippen LogP contribution >= 0.6 is 0 Å². The molecule has 0 heterocycles. The lowest BCUT2D eigenvalue weighted by molar-refractivity contribution is -0.161. The van der Waals surface area contributed by atoms with Gasteiger partial charge in [0.1, 0.15) is 6.61 Å². The zero-order valence-electron chi connectivity index (χ0n) is 49.3. The molecule has 78 heavy (non-hydrogen) atoms. The van der Waals surface area contributed by atoms with Crippen LogP contribution in [0.15, 0.2) is 207 Å². The molecule has 0 rings (SSSR count). The fourth-order valence-electron chi connectivity index (χ4n) is 7.57. The van der Waals surface area contributed by atoms with Crippen LogP contribution in [-0.2, 0) is 19.1 Å². The number of ether oxygens (including phenoxy) is 2. The van der Waals surface area contributed by atoms with Crippen molar-refractivity contribution in [2.24, 2.45) is 0 Å². The minimum absolute atomic E-state index is 0.106. The molecular formula is C73H110O5. The molecule has 0 aliphatic heterocycles. The minimum Gasteiger partial charge on any atom is -0.462 e. The molecule has 0 aromatic rings. The summed E-state index contributed by atoms with van der Waals surface area (Å²) in [6.07, 6.45) is 107. The number of aliphatic hydroxyl groups excluding tert-OH is 1. The maximum absolute atomic E-state index is 12.3. The molecule has 0 saturated heterocycles. The van der Waals surface area contributed by atoms with Crippen molar-refractivity contribution < 1.29 is 24.2 Å². The molecular weight excluding hydrogens is 957 g/mol. The number of hydrogen-bond acceptors (Lipinski definition) is 5. The fraction of sp³-hybridized carbons (Fsp3) is 0.507. The van der Waals surface area contributed by atoms with Crippen LogP contribution in [0.1, 0.15) is 219 Å². The van der Waals surface area contributed by atoms with Crippen molar-refractivity contribution in [2.75, 3.05) is 13.2 Å². The Balaban J connectivity index is 3.68. The molecule has 0 aromatic carbocycles. The number of esters is 2. The standard InChI is InChI=1S/C73H110O5/c1-3-5-7-9-11-13-15-17-19-21-23-25-27-29-31-33-34-35-36-37-38-40-41-43-45-47-49-51-53-55-57-59-61-63-65-67-72(75)77-70-71(69-74)78-73(76)68-66-64-62-60-58-56-54-52-50-48-46-44-42-39-32-30-28-26-24-22-20-18-16-14-12-10-8-6-4-2/h5-8,11-14,17-20,23-26,29-32,34-35,37-38,41-44,48,50,54,56,60,62,71,74H,3-4,9-10,15-16,21-22,27-28,33,36,39-40,45-47,49,51-53,55,57-59,61,63-70H2,1-2H3/b7-5-,8-6-,13-11-,14-12-,19-17-,20-18-,25-23-,26-24-,31-29-,32-30-,35-34-,38-37-,43-41-,44-42-,50-48-,56-54-,62-60-. The quantitative estimate of drug-likeness (QED) is 0.0373. The second-order valence-corrected chi connectivity index (χ2v) is 19.3. The minimum atomic E-state index is -0.823. The molecule has 0 bridgehead atoms. The van der Waals surface area contributed by atoms with Gasteiger partial charge in [-0.1, -0.05) is 272 Å². The van der Waals surface area contributed by atoms with Crippen molar-refractivity contribution in [3.8, 4) is 0 Å². The topological polar surface area (TPSA) is 72.8 Å². The highest BCUT2D eigenvalue weighted by Gasteiger charge is 2.16. The highest BCUT2D eigenvalue weighted by molar-refractivity contribution is 5.70. The van der Waals surface area contributed by atoms with Gasteiger partial charge in [0.15, 0.2) is 6.10 Å². The Kier molecular flexibility index (Phi) is 61.1. The van der Waals surface area contributed by atoms with E-state index in [0.717, 1.165) is 135 Å². The van der Waals surface area contributed by atoms with E-state index in [-0.39, 0.29) is 31.6 Å². The molecule has 5 nitrogen and oxygen atoms in total. The predicted molar refractivity (Wildman–Crippen MR) is 342 cm³/mol. The second kappa shape index (κ2) is 65.8. The third kappa shape index (κ3) is 63.0. The summed E-state index contributed by atoms with van der Waals surface area (Å²) in [5.74, 6) is -0.682. The van der Waals surface area contributed by atoms with Crippen LogP contribution in [0.2, 0.25) is 0 Å². The molecule has 0 fully saturated rings. The zero-order chi connectivity index (χ0) is 56.2. The Morgan fingerprint density at radius 2 is 0.526 bits per heavy atom. The van der Waals surface area contributed by atoms with E-state index in [1.54, 1.807) is 0 Å². The molecule has 432 valence electrons. The molecule has 0 aliphatic rings. The number of hydrogen-bond donors (Lipinski definition) is 1. The summed E-state index contributed by atoms with van der Waals surface area (Å²) >= 11 is 0. The summed E-state index contributed by atoms with van der Waals surface area (Å²) in [7, 11) is 0. The average molecular weight is 1070 g/mol. The number of carbonyl (C=O) groups is 2. The SMILES string of the molecule is CC/C=C\C/C=C\C/C=C\C/C=C\C/C=C\C/C=C\C/C=C\C/C=C\C/C=C\CCCC(=O)OC(CO)COC(=O)CCCCCCCCCCCC/C=C\C/C=C\C/C=C\C/C=C\C/C=C\C/C=C\C/C=C\C/C=C\CC. The summed E-state index contributed by atoms with van der Waals surface area (Å²) in [5.41, 5.74) is 0. The Morgan fingerprint density at radius 1 is 0.295 bits per heavy atom. The second-order valence-electron chi connectivity index (χ2n) is 19.3. The molecule has 0 aromatic heterocycles. The smallest absolute Gasteiger partial charge is 0.306 e. The number of unbranched alkanes of at least 4 members (excludes halogenated alkanes) is 11. The molecule has 5 heteroatoms. The Morgan fingerprint density at radius 3 is 0.808 bits per heavy atom. The van der Waals surface area contributed by atoms with Crippen molar-refractivity contribution in [3.63, 3.8) is 0 Å². The third-order valence-electron chi connectivity index (χ3n) is 12.1. The van der Waals surface area contributed by atoms with Crippen molar-refractivity contribution in [2.45, 2.75) is 225 Å². The summed E-state index contributed by atoms with van der Waals surface area (Å²) in [5, 5.41) is 9.66. The first-order valence-electron chi connectivity index (χ1n) is 30.6. The van der Waals surface area contributed by atoms with Gasteiger partial charge in [0, 0.05) is 12.8 Å². The Hall–Kier alpha value is -5.52. The summed E-state index contributed by atoms with van der Waals surface area (Å²) in [6, 6.07) is 0. The Bertz CT molecular complexity index is 1880. The van der Waals surface area contributed by atoms with Gasteiger partial charge in [0.05, 0.1) is 6.61 Å².